The molecule has 0 atom stereocenters. The molecule has 0 heterocycles. The van der Waals surface area contributed by atoms with Gasteiger partial charge in [-0.15, -0.1) is 0 Å². The Labute approximate surface area is 250 Å². The van der Waals surface area contributed by atoms with Crippen LogP contribution in [0.4, 0.5) is 0 Å². The highest BCUT2D eigenvalue weighted by Crippen LogP contribution is 1.87. The largest absolute Gasteiger partial charge is 0.317 e. The van der Waals surface area contributed by atoms with Crippen LogP contribution in [0.2, 0.25) is 0 Å². The molecule has 0 unspecified atom stereocenters. The molecule has 0 saturated carbocycles. The van der Waals surface area contributed by atoms with Gasteiger partial charge >= 0.3 is 0 Å². The van der Waals surface area contributed by atoms with Gasteiger partial charge < -0.3 is 42.5 Å². The molecule has 8 heteroatoms. The lowest BCUT2D eigenvalue weighted by Gasteiger charge is -2.03. The summed E-state index contributed by atoms with van der Waals surface area (Å²) >= 11 is 0. The highest BCUT2D eigenvalue weighted by atomic mass is 14.9. The van der Waals surface area contributed by atoms with Crippen LogP contribution >= 0.6 is 0 Å². The first-order valence-electron chi connectivity index (χ1n) is 16.8. The van der Waals surface area contributed by atoms with Gasteiger partial charge in [0.1, 0.15) is 0 Å². The van der Waals surface area contributed by atoms with Crippen LogP contribution in [-0.2, 0) is 0 Å². The number of hydrogen-bond donors (Lipinski definition) is 8. The van der Waals surface area contributed by atoms with Gasteiger partial charge in [-0.3, -0.25) is 0 Å². The highest BCUT2D eigenvalue weighted by molar-refractivity contribution is 4.86. The van der Waals surface area contributed by atoms with E-state index < -0.39 is 0 Å². The molecule has 8 N–H and O–H groups in total. The lowest BCUT2D eigenvalue weighted by Crippen LogP contribution is -2.20. The summed E-state index contributed by atoms with van der Waals surface area (Å²) in [4.78, 5) is 0. The summed E-state index contributed by atoms with van der Waals surface area (Å²) < 4.78 is 0. The molecule has 0 amide bonds. The van der Waals surface area contributed by atoms with Gasteiger partial charge in [0.05, 0.1) is 0 Å². The molecular formula is C32H72N8. The second-order valence-corrected chi connectivity index (χ2v) is 10.0. The van der Waals surface area contributed by atoms with Gasteiger partial charge in [-0.1, -0.05) is 52.0 Å². The van der Waals surface area contributed by atoms with E-state index in [1.165, 1.54) is 51.4 Å². The average Bonchev–Trinajstić information content (AvgIpc) is 2.97. The van der Waals surface area contributed by atoms with Crippen LogP contribution in [0.1, 0.15) is 79.1 Å². The monoisotopic (exact) mass is 569 g/mol. The van der Waals surface area contributed by atoms with Crippen molar-refractivity contribution < 1.29 is 0 Å². The fourth-order valence-electron chi connectivity index (χ4n) is 3.78. The summed E-state index contributed by atoms with van der Waals surface area (Å²) in [5.74, 6) is 0. The zero-order chi connectivity index (χ0) is 29.5. The van der Waals surface area contributed by atoms with Crippen molar-refractivity contribution in [1.29, 1.82) is 0 Å². The van der Waals surface area contributed by atoms with Gasteiger partial charge in [0, 0.05) is 26.2 Å². The van der Waals surface area contributed by atoms with Crippen molar-refractivity contribution in [3.05, 3.63) is 24.3 Å². The quantitative estimate of drug-likeness (QED) is 0.0464. The zero-order valence-electron chi connectivity index (χ0n) is 27.3. The maximum Gasteiger partial charge on any atom is 0.0135 e. The maximum atomic E-state index is 3.44. The SMILES string of the molecule is CCNCCCCNC/C=C/CNCCCCNCC.CCNCCCCNC/C=C\CNCCCCNCC. The third-order valence-electron chi connectivity index (χ3n) is 6.21. The molecule has 0 rings (SSSR count). The zero-order valence-corrected chi connectivity index (χ0v) is 27.3. The third kappa shape index (κ3) is 44.2. The maximum absolute atomic E-state index is 3.44. The summed E-state index contributed by atoms with van der Waals surface area (Å²) in [6, 6.07) is 0. The minimum Gasteiger partial charge on any atom is -0.317 e. The molecule has 0 spiro atoms. The van der Waals surface area contributed by atoms with Crippen LogP contribution in [0.5, 0.6) is 0 Å². The Balaban J connectivity index is 0. The summed E-state index contributed by atoms with van der Waals surface area (Å²) in [5, 5.41) is 27.1. The number of rotatable bonds is 32. The van der Waals surface area contributed by atoms with Gasteiger partial charge in [0.25, 0.3) is 0 Å². The standard InChI is InChI=1S/2C16H36N4/c2*1-3-17-11-5-7-13-19-15-9-10-16-20-14-8-6-12-18-4-2/h2*9-10,17-20H,3-8,11-16H2,1-2H3/b10-9+;10-9-. The number of nitrogens with one attached hydrogen (secondary N) is 8. The molecule has 0 fully saturated rings. The van der Waals surface area contributed by atoms with Crippen molar-refractivity contribution in [3.8, 4) is 0 Å². The second kappa shape index (κ2) is 42.6. The van der Waals surface area contributed by atoms with Gasteiger partial charge in [0.2, 0.25) is 0 Å². The first-order valence-corrected chi connectivity index (χ1v) is 16.8. The second-order valence-electron chi connectivity index (χ2n) is 10.0. The van der Waals surface area contributed by atoms with Crippen molar-refractivity contribution in [2.45, 2.75) is 79.1 Å². The molecule has 0 radical (unpaired) electrons. The van der Waals surface area contributed by atoms with Crippen LogP contribution in [0.25, 0.3) is 0 Å². The van der Waals surface area contributed by atoms with Crippen molar-refractivity contribution in [2.24, 2.45) is 0 Å². The van der Waals surface area contributed by atoms with E-state index in [4.69, 9.17) is 0 Å². The Hall–Kier alpha value is -0.840. The van der Waals surface area contributed by atoms with Crippen LogP contribution in [-0.4, -0.2) is 105 Å². The lowest BCUT2D eigenvalue weighted by molar-refractivity contribution is 0.605. The molecule has 0 aromatic rings. The van der Waals surface area contributed by atoms with Crippen LogP contribution in [0.3, 0.4) is 0 Å². The Morgan fingerprint density at radius 2 is 0.450 bits per heavy atom. The summed E-state index contributed by atoms with van der Waals surface area (Å²) in [7, 11) is 0. The van der Waals surface area contributed by atoms with E-state index in [0.717, 1.165) is 105 Å². The predicted octanol–water partition coefficient (Wildman–Crippen LogP) is 3.00. The van der Waals surface area contributed by atoms with E-state index in [0.29, 0.717) is 0 Å². The summed E-state index contributed by atoms with van der Waals surface area (Å²) in [5.41, 5.74) is 0. The smallest absolute Gasteiger partial charge is 0.0135 e. The van der Waals surface area contributed by atoms with Crippen LogP contribution < -0.4 is 42.5 Å². The molecule has 40 heavy (non-hydrogen) atoms. The van der Waals surface area contributed by atoms with Crippen LogP contribution in [0, 0.1) is 0 Å². The van der Waals surface area contributed by atoms with Crippen molar-refractivity contribution in [2.75, 3.05) is 105 Å². The minimum atomic E-state index is 0.989. The van der Waals surface area contributed by atoms with E-state index in [1.54, 1.807) is 0 Å². The molecule has 0 aliphatic carbocycles. The fraction of sp³-hybridized carbons (Fsp3) is 0.875. The average molecular weight is 569 g/mol. The van der Waals surface area contributed by atoms with Crippen LogP contribution in [0.15, 0.2) is 24.3 Å². The molecule has 0 aliphatic heterocycles. The Kier molecular flexibility index (Phi) is 44.0. The molecule has 0 aromatic carbocycles. The van der Waals surface area contributed by atoms with Crippen molar-refractivity contribution in [1.82, 2.24) is 42.5 Å². The van der Waals surface area contributed by atoms with E-state index in [1.807, 2.05) is 0 Å². The van der Waals surface area contributed by atoms with Crippen molar-refractivity contribution >= 4 is 0 Å². The third-order valence-corrected chi connectivity index (χ3v) is 6.21. The highest BCUT2D eigenvalue weighted by Gasteiger charge is 1.90. The first kappa shape index (κ1) is 41.3. The van der Waals surface area contributed by atoms with E-state index >= 15 is 0 Å². The van der Waals surface area contributed by atoms with E-state index in [2.05, 4.69) is 94.5 Å². The number of unbranched alkanes of at least 4 members (excludes halogenated alkanes) is 4. The fourth-order valence-corrected chi connectivity index (χ4v) is 3.78. The van der Waals surface area contributed by atoms with Gasteiger partial charge in [-0.25, -0.2) is 0 Å². The van der Waals surface area contributed by atoms with E-state index in [9.17, 15) is 0 Å². The normalized spacial score (nSPS) is 11.5. The molecule has 240 valence electrons. The first-order chi connectivity index (χ1) is 19.8. The van der Waals surface area contributed by atoms with E-state index in [-0.39, 0.29) is 0 Å². The van der Waals surface area contributed by atoms with Gasteiger partial charge in [-0.05, 0) is 130 Å². The molecule has 0 bridgehead atoms. The van der Waals surface area contributed by atoms with Gasteiger partial charge in [0.15, 0.2) is 0 Å². The summed E-state index contributed by atoms with van der Waals surface area (Å²) in [6.07, 6.45) is 18.9. The Bertz CT molecular complexity index is 392. The Morgan fingerprint density at radius 3 is 0.625 bits per heavy atom. The predicted molar refractivity (Wildman–Crippen MR) is 181 cm³/mol. The van der Waals surface area contributed by atoms with Gasteiger partial charge in [-0.2, -0.15) is 0 Å². The molecule has 0 saturated heterocycles. The minimum absolute atomic E-state index is 0.989. The lowest BCUT2D eigenvalue weighted by atomic mass is 10.3. The topological polar surface area (TPSA) is 96.2 Å². The molecular weight excluding hydrogens is 496 g/mol. The van der Waals surface area contributed by atoms with Crippen molar-refractivity contribution in [3.63, 3.8) is 0 Å². The molecule has 0 aliphatic rings. The molecule has 0 aromatic heterocycles. The Morgan fingerprint density at radius 1 is 0.275 bits per heavy atom. The molecule has 8 nitrogen and oxygen atoms in total. The number of hydrogen-bond acceptors (Lipinski definition) is 8. The summed E-state index contributed by atoms with van der Waals surface area (Å²) in [6.45, 7) is 25.9.